The number of carbonyl (C=O) groups excluding carboxylic acids is 3. The summed E-state index contributed by atoms with van der Waals surface area (Å²) in [5.74, 6) is -1.62. The van der Waals surface area contributed by atoms with Crippen molar-refractivity contribution in [3.05, 3.63) is 123 Å². The molecule has 0 aromatic heterocycles. The lowest BCUT2D eigenvalue weighted by molar-refractivity contribution is -0.127. The Morgan fingerprint density at radius 3 is 2.17 bits per heavy atom. The van der Waals surface area contributed by atoms with E-state index < -0.39 is 35.2 Å². The van der Waals surface area contributed by atoms with Gasteiger partial charge >= 0.3 is 0 Å². The number of carbonyl (C=O) groups is 3. The number of methoxy groups -OCH3 is 2. The van der Waals surface area contributed by atoms with Crippen LogP contribution in [0.2, 0.25) is 5.02 Å². The molecular weight excluding hydrogens is 668 g/mol. The van der Waals surface area contributed by atoms with E-state index in [2.05, 4.69) is 35.1 Å². The van der Waals surface area contributed by atoms with Gasteiger partial charge in [-0.1, -0.05) is 83.8 Å². The van der Waals surface area contributed by atoms with E-state index in [1.807, 2.05) is 42.5 Å². The monoisotopic (exact) mass is 700 g/mol. The van der Waals surface area contributed by atoms with Crippen LogP contribution >= 0.6 is 27.5 Å². The van der Waals surface area contributed by atoms with Gasteiger partial charge in [0.2, 0.25) is 0 Å². The molecule has 1 spiro atoms. The standard InChI is InChI=1S/C37H34BrClN2O5/c1-21(2)16-31-32(22-10-13-26(39)14-11-22)33(34(42)23-8-6-5-7-9-23)37(29-19-25(38)12-15-30(29)40-36(37)44)41(31)35(43)24-17-27(45-3)20-28(18-24)46-4/h5-15,17-21,31-33H,16H2,1-4H3,(H,40,44). The van der Waals surface area contributed by atoms with Crippen molar-refractivity contribution in [1.29, 1.82) is 0 Å². The summed E-state index contributed by atoms with van der Waals surface area (Å²) in [4.78, 5) is 46.7. The van der Waals surface area contributed by atoms with Crippen LogP contribution in [-0.2, 0) is 10.3 Å². The topological polar surface area (TPSA) is 84.9 Å². The van der Waals surface area contributed by atoms with Gasteiger partial charge in [-0.15, -0.1) is 0 Å². The summed E-state index contributed by atoms with van der Waals surface area (Å²) in [5, 5.41) is 3.60. The van der Waals surface area contributed by atoms with E-state index in [0.717, 1.165) is 10.0 Å². The first-order chi connectivity index (χ1) is 22.1. The number of anilines is 1. The molecule has 236 valence electrons. The van der Waals surface area contributed by atoms with Gasteiger partial charge in [0.05, 0.1) is 20.1 Å². The number of fused-ring (bicyclic) bond motifs is 2. The zero-order valence-corrected chi connectivity index (χ0v) is 28.3. The van der Waals surface area contributed by atoms with Crippen LogP contribution in [0, 0.1) is 11.8 Å². The zero-order chi connectivity index (χ0) is 32.7. The highest BCUT2D eigenvalue weighted by atomic mass is 79.9. The van der Waals surface area contributed by atoms with E-state index in [1.54, 1.807) is 53.4 Å². The largest absolute Gasteiger partial charge is 0.497 e. The normalized spacial score (nSPS) is 21.8. The van der Waals surface area contributed by atoms with Crippen LogP contribution in [0.1, 0.15) is 58.0 Å². The number of amides is 2. The molecule has 4 unspecified atom stereocenters. The van der Waals surface area contributed by atoms with Crippen LogP contribution < -0.4 is 14.8 Å². The van der Waals surface area contributed by atoms with Gasteiger partial charge < -0.3 is 19.7 Å². The summed E-state index contributed by atoms with van der Waals surface area (Å²) >= 11 is 9.96. The van der Waals surface area contributed by atoms with Gasteiger partial charge in [-0.25, -0.2) is 0 Å². The molecule has 46 heavy (non-hydrogen) atoms. The summed E-state index contributed by atoms with van der Waals surface area (Å²) in [6, 6.07) is 26.3. The minimum absolute atomic E-state index is 0.115. The first-order valence-corrected chi connectivity index (χ1v) is 16.3. The van der Waals surface area contributed by atoms with E-state index in [4.69, 9.17) is 21.1 Å². The first-order valence-electron chi connectivity index (χ1n) is 15.1. The van der Waals surface area contributed by atoms with E-state index in [1.165, 1.54) is 14.2 Å². The van der Waals surface area contributed by atoms with Crippen molar-refractivity contribution in [2.75, 3.05) is 19.5 Å². The number of hydrogen-bond donors (Lipinski definition) is 1. The molecule has 4 atom stereocenters. The van der Waals surface area contributed by atoms with Crippen LogP contribution in [-0.4, -0.2) is 42.8 Å². The number of halogens is 2. The number of likely N-dealkylation sites (tertiary alicyclic amines) is 1. The minimum atomic E-state index is -1.69. The second-order valence-corrected chi connectivity index (χ2v) is 13.5. The molecule has 2 heterocycles. The number of nitrogens with zero attached hydrogens (tertiary/aromatic N) is 1. The molecule has 4 aromatic rings. The number of ketones is 1. The maximum absolute atomic E-state index is 15.2. The lowest BCUT2D eigenvalue weighted by Crippen LogP contribution is -2.56. The number of rotatable bonds is 8. The van der Waals surface area contributed by atoms with Gasteiger partial charge in [0.25, 0.3) is 11.8 Å². The average Bonchev–Trinajstić information content (AvgIpc) is 3.51. The molecule has 1 fully saturated rings. The Morgan fingerprint density at radius 1 is 0.913 bits per heavy atom. The van der Waals surface area contributed by atoms with Crippen molar-refractivity contribution in [2.45, 2.75) is 37.8 Å². The van der Waals surface area contributed by atoms with Crippen molar-refractivity contribution < 1.29 is 23.9 Å². The molecule has 1 saturated heterocycles. The van der Waals surface area contributed by atoms with Crippen molar-refractivity contribution >= 4 is 50.8 Å². The number of nitrogens with one attached hydrogen (secondary N) is 1. The third-order valence-electron chi connectivity index (χ3n) is 9.05. The lowest BCUT2D eigenvalue weighted by atomic mass is 9.69. The molecule has 2 amide bonds. The predicted molar refractivity (Wildman–Crippen MR) is 182 cm³/mol. The fourth-order valence-corrected chi connectivity index (χ4v) is 7.72. The number of Topliss-reactive ketones (excluding diaryl/α,β-unsaturated/α-hetero) is 1. The van der Waals surface area contributed by atoms with Gasteiger partial charge in [0, 0.05) is 49.9 Å². The minimum Gasteiger partial charge on any atom is -0.497 e. The quantitative estimate of drug-likeness (QED) is 0.188. The highest BCUT2D eigenvalue weighted by Crippen LogP contribution is 2.60. The van der Waals surface area contributed by atoms with Gasteiger partial charge in [-0.2, -0.15) is 0 Å². The fraction of sp³-hybridized carbons (Fsp3) is 0.270. The molecular formula is C37H34BrClN2O5. The molecule has 1 N–H and O–H groups in total. The first kappa shape index (κ1) is 31.8. The SMILES string of the molecule is COc1cc(OC)cc(C(=O)N2C(CC(C)C)C(c3ccc(Cl)cc3)C(C(=O)c3ccccc3)C23C(=O)Nc2ccc(Br)cc23)c1. The van der Waals surface area contributed by atoms with Gasteiger partial charge in [-0.3, -0.25) is 14.4 Å². The Morgan fingerprint density at radius 2 is 1.57 bits per heavy atom. The number of ether oxygens (including phenoxy) is 2. The highest BCUT2D eigenvalue weighted by molar-refractivity contribution is 9.10. The summed E-state index contributed by atoms with van der Waals surface area (Å²) in [6.45, 7) is 4.16. The van der Waals surface area contributed by atoms with Gasteiger partial charge in [0.15, 0.2) is 11.3 Å². The second kappa shape index (κ2) is 12.6. The number of hydrogen-bond acceptors (Lipinski definition) is 5. The van der Waals surface area contributed by atoms with Crippen molar-refractivity contribution in [3.8, 4) is 11.5 Å². The van der Waals surface area contributed by atoms with E-state index in [-0.39, 0.29) is 17.3 Å². The van der Waals surface area contributed by atoms with Crippen molar-refractivity contribution in [1.82, 2.24) is 4.90 Å². The lowest BCUT2D eigenvalue weighted by Gasteiger charge is -2.39. The molecule has 0 radical (unpaired) electrons. The Labute approximate surface area is 282 Å². The molecule has 0 saturated carbocycles. The van der Waals surface area contributed by atoms with Crippen LogP contribution in [0.4, 0.5) is 5.69 Å². The second-order valence-electron chi connectivity index (χ2n) is 12.2. The Hall–Kier alpha value is -4.14. The third kappa shape index (κ3) is 5.27. The van der Waals surface area contributed by atoms with Crippen LogP contribution in [0.15, 0.2) is 95.5 Å². The molecule has 2 aliphatic rings. The van der Waals surface area contributed by atoms with Crippen LogP contribution in [0.25, 0.3) is 0 Å². The summed E-state index contributed by atoms with van der Waals surface area (Å²) < 4.78 is 11.8. The smallest absolute Gasteiger partial charge is 0.255 e. The zero-order valence-electron chi connectivity index (χ0n) is 25.9. The third-order valence-corrected chi connectivity index (χ3v) is 9.79. The molecule has 0 aliphatic carbocycles. The van der Waals surface area contributed by atoms with E-state index >= 15 is 9.59 Å². The predicted octanol–water partition coefficient (Wildman–Crippen LogP) is 8.12. The maximum atomic E-state index is 15.2. The van der Waals surface area contributed by atoms with Crippen molar-refractivity contribution in [3.63, 3.8) is 0 Å². The number of benzene rings is 4. The average molecular weight is 702 g/mol. The Bertz CT molecular complexity index is 1790. The molecule has 4 aromatic carbocycles. The van der Waals surface area contributed by atoms with Crippen LogP contribution in [0.5, 0.6) is 11.5 Å². The highest BCUT2D eigenvalue weighted by Gasteiger charge is 2.70. The molecule has 0 bridgehead atoms. The Kier molecular flexibility index (Phi) is 8.70. The molecule has 7 nitrogen and oxygen atoms in total. The van der Waals surface area contributed by atoms with Gasteiger partial charge in [0.1, 0.15) is 11.5 Å². The van der Waals surface area contributed by atoms with Gasteiger partial charge in [-0.05, 0) is 60.4 Å². The summed E-state index contributed by atoms with van der Waals surface area (Å²) in [6.07, 6.45) is 0.525. The fourth-order valence-electron chi connectivity index (χ4n) is 7.23. The molecule has 6 rings (SSSR count). The van der Waals surface area contributed by atoms with E-state index in [0.29, 0.717) is 39.8 Å². The van der Waals surface area contributed by atoms with Crippen LogP contribution in [0.3, 0.4) is 0 Å². The van der Waals surface area contributed by atoms with E-state index in [9.17, 15) is 4.79 Å². The molecule has 9 heteroatoms. The summed E-state index contributed by atoms with van der Waals surface area (Å²) in [5.41, 5.74) is 0.989. The van der Waals surface area contributed by atoms with Crippen molar-refractivity contribution in [2.24, 2.45) is 11.8 Å². The Balaban J connectivity index is 1.71. The summed E-state index contributed by atoms with van der Waals surface area (Å²) in [7, 11) is 3.04. The maximum Gasteiger partial charge on any atom is 0.255 e. The molecule has 2 aliphatic heterocycles.